The summed E-state index contributed by atoms with van der Waals surface area (Å²) in [5.74, 6) is -0.575. The lowest BCUT2D eigenvalue weighted by molar-refractivity contribution is 0.0601. The van der Waals surface area contributed by atoms with Crippen LogP contribution in [0.25, 0.3) is 10.9 Å². The van der Waals surface area contributed by atoms with Gasteiger partial charge in [0.2, 0.25) is 0 Å². The van der Waals surface area contributed by atoms with E-state index in [1.165, 1.54) is 7.11 Å². The molecule has 130 valence electrons. The number of nitrogens with zero attached hydrogens (tertiary/aromatic N) is 1. The van der Waals surface area contributed by atoms with Crippen LogP contribution in [0, 0.1) is 0 Å². The largest absolute Gasteiger partial charge is 0.465 e. The van der Waals surface area contributed by atoms with Crippen molar-refractivity contribution in [3.05, 3.63) is 63.3 Å². The average molecular weight is 379 g/mol. The Hall–Kier alpha value is -2.08. The van der Waals surface area contributed by atoms with E-state index in [0.717, 1.165) is 22.0 Å². The molecule has 0 aliphatic rings. The van der Waals surface area contributed by atoms with Crippen molar-refractivity contribution >= 4 is 40.1 Å². The molecule has 7 heteroatoms. The van der Waals surface area contributed by atoms with Crippen LogP contribution in [0.15, 0.2) is 36.5 Å². The van der Waals surface area contributed by atoms with E-state index in [1.807, 2.05) is 18.2 Å². The monoisotopic (exact) mass is 378 g/mol. The lowest BCUT2D eigenvalue weighted by atomic mass is 10.00. The van der Waals surface area contributed by atoms with Crippen molar-refractivity contribution in [1.82, 2.24) is 10.2 Å². The van der Waals surface area contributed by atoms with Crippen molar-refractivity contribution in [3.63, 3.8) is 0 Å². The fourth-order valence-corrected chi connectivity index (χ4v) is 3.39. The number of benzene rings is 2. The van der Waals surface area contributed by atoms with Crippen molar-refractivity contribution in [3.8, 4) is 0 Å². The van der Waals surface area contributed by atoms with Crippen LogP contribution in [0.5, 0.6) is 0 Å². The Morgan fingerprint density at radius 2 is 2.00 bits per heavy atom. The van der Waals surface area contributed by atoms with Gasteiger partial charge in [-0.1, -0.05) is 35.3 Å². The number of fused-ring (bicyclic) bond motifs is 1. The molecule has 0 spiro atoms. The number of aryl methyl sites for hydroxylation is 1. The standard InChI is InChI=1S/C18H16Cl2N2O3/c1-25-18(24)17-13(19)6-10(7-14(17)20)2-5-16(23)11-3-4-12-9-21-22-15(12)8-11/h3-4,6-9,16,23H,2,5H2,1H3,(H,21,22). The van der Waals surface area contributed by atoms with Crippen molar-refractivity contribution in [1.29, 1.82) is 0 Å². The molecule has 3 aromatic rings. The molecule has 3 rings (SSSR count). The molecular formula is C18H16Cl2N2O3. The second kappa shape index (κ2) is 7.44. The third-order valence-electron chi connectivity index (χ3n) is 4.05. The quantitative estimate of drug-likeness (QED) is 0.648. The molecule has 0 saturated heterocycles. The predicted octanol–water partition coefficient (Wildman–Crippen LogP) is 4.32. The molecule has 0 saturated carbocycles. The van der Waals surface area contributed by atoms with Gasteiger partial charge in [-0.25, -0.2) is 4.79 Å². The maximum Gasteiger partial charge on any atom is 0.340 e. The summed E-state index contributed by atoms with van der Waals surface area (Å²) in [6, 6.07) is 9.02. The number of methoxy groups -OCH3 is 1. The first-order chi connectivity index (χ1) is 12.0. The van der Waals surface area contributed by atoms with E-state index in [0.29, 0.717) is 12.8 Å². The summed E-state index contributed by atoms with van der Waals surface area (Å²) in [7, 11) is 1.27. The van der Waals surface area contributed by atoms with E-state index in [-0.39, 0.29) is 15.6 Å². The van der Waals surface area contributed by atoms with Gasteiger partial charge >= 0.3 is 5.97 Å². The van der Waals surface area contributed by atoms with Crippen LogP contribution in [-0.2, 0) is 11.2 Å². The fraction of sp³-hybridized carbons (Fsp3) is 0.222. The van der Waals surface area contributed by atoms with Gasteiger partial charge < -0.3 is 9.84 Å². The second-order valence-electron chi connectivity index (χ2n) is 5.70. The van der Waals surface area contributed by atoms with E-state index in [1.54, 1.807) is 18.3 Å². The number of carbonyl (C=O) groups excluding carboxylic acids is 1. The van der Waals surface area contributed by atoms with Crippen LogP contribution >= 0.6 is 23.2 Å². The number of halogens is 2. The van der Waals surface area contributed by atoms with Gasteiger partial charge in [0.1, 0.15) is 0 Å². The van der Waals surface area contributed by atoms with Gasteiger partial charge in [0, 0.05) is 5.39 Å². The van der Waals surface area contributed by atoms with Crippen LogP contribution < -0.4 is 0 Å². The maximum atomic E-state index is 11.7. The molecule has 0 aliphatic carbocycles. The number of H-pyrrole nitrogens is 1. The Balaban J connectivity index is 1.73. The molecule has 0 fully saturated rings. The van der Waals surface area contributed by atoms with E-state index in [9.17, 15) is 9.90 Å². The van der Waals surface area contributed by atoms with E-state index < -0.39 is 12.1 Å². The van der Waals surface area contributed by atoms with Gasteiger partial charge in [-0.15, -0.1) is 0 Å². The SMILES string of the molecule is COC(=O)c1c(Cl)cc(CCC(O)c2ccc3cn[nH]c3c2)cc1Cl. The molecular weight excluding hydrogens is 363 g/mol. The Kier molecular flexibility index (Phi) is 5.27. The predicted molar refractivity (Wildman–Crippen MR) is 97.2 cm³/mol. The maximum absolute atomic E-state index is 11.7. The number of esters is 1. The van der Waals surface area contributed by atoms with Crippen LogP contribution in [-0.4, -0.2) is 28.4 Å². The zero-order valence-corrected chi connectivity index (χ0v) is 14.9. The van der Waals surface area contributed by atoms with Crippen LogP contribution in [0.1, 0.15) is 34.0 Å². The third kappa shape index (κ3) is 3.79. The molecule has 1 atom stereocenters. The van der Waals surface area contributed by atoms with Gasteiger partial charge in [-0.3, -0.25) is 5.10 Å². The Labute approximate surface area is 154 Å². The number of carbonyl (C=O) groups is 1. The first-order valence-corrected chi connectivity index (χ1v) is 8.42. The zero-order chi connectivity index (χ0) is 18.0. The van der Waals surface area contributed by atoms with Gasteiger partial charge in [0.15, 0.2) is 0 Å². The van der Waals surface area contributed by atoms with Crippen molar-refractivity contribution in [2.75, 3.05) is 7.11 Å². The molecule has 0 amide bonds. The number of aromatic nitrogens is 2. The van der Waals surface area contributed by atoms with Gasteiger partial charge in [0.25, 0.3) is 0 Å². The highest BCUT2D eigenvalue weighted by molar-refractivity contribution is 6.39. The topological polar surface area (TPSA) is 75.2 Å². The molecule has 2 aromatic carbocycles. The van der Waals surface area contributed by atoms with E-state index in [2.05, 4.69) is 14.9 Å². The van der Waals surface area contributed by atoms with Crippen molar-refractivity contribution in [2.24, 2.45) is 0 Å². The molecule has 0 radical (unpaired) electrons. The van der Waals surface area contributed by atoms with Crippen LogP contribution in [0.3, 0.4) is 0 Å². The lowest BCUT2D eigenvalue weighted by Crippen LogP contribution is -2.05. The highest BCUT2D eigenvalue weighted by atomic mass is 35.5. The van der Waals surface area contributed by atoms with Crippen LogP contribution in [0.4, 0.5) is 0 Å². The van der Waals surface area contributed by atoms with E-state index >= 15 is 0 Å². The zero-order valence-electron chi connectivity index (χ0n) is 13.4. The smallest absolute Gasteiger partial charge is 0.340 e. The minimum absolute atomic E-state index is 0.153. The normalized spacial score (nSPS) is 12.3. The summed E-state index contributed by atoms with van der Waals surface area (Å²) in [6.07, 6.45) is 2.15. The van der Waals surface area contributed by atoms with Gasteiger partial charge in [0.05, 0.1) is 40.5 Å². The highest BCUT2D eigenvalue weighted by Crippen LogP contribution is 2.29. The lowest BCUT2D eigenvalue weighted by Gasteiger charge is -2.12. The number of rotatable bonds is 5. The molecule has 1 aromatic heterocycles. The first kappa shape index (κ1) is 17.7. The molecule has 0 bridgehead atoms. The molecule has 25 heavy (non-hydrogen) atoms. The van der Waals surface area contributed by atoms with Gasteiger partial charge in [-0.05, 0) is 42.2 Å². The summed E-state index contributed by atoms with van der Waals surface area (Å²) in [5, 5.41) is 18.8. The minimum atomic E-state index is -0.634. The summed E-state index contributed by atoms with van der Waals surface area (Å²) < 4.78 is 4.67. The van der Waals surface area contributed by atoms with E-state index in [4.69, 9.17) is 23.2 Å². The van der Waals surface area contributed by atoms with Crippen molar-refractivity contribution in [2.45, 2.75) is 18.9 Å². The first-order valence-electron chi connectivity index (χ1n) is 7.67. The summed E-state index contributed by atoms with van der Waals surface area (Å²) in [6.45, 7) is 0. The minimum Gasteiger partial charge on any atom is -0.465 e. The number of aliphatic hydroxyl groups is 1. The van der Waals surface area contributed by atoms with Crippen molar-refractivity contribution < 1.29 is 14.6 Å². The number of aliphatic hydroxyl groups excluding tert-OH is 1. The molecule has 5 nitrogen and oxygen atoms in total. The Bertz CT molecular complexity index is 901. The summed E-state index contributed by atoms with van der Waals surface area (Å²) >= 11 is 12.3. The molecule has 1 unspecified atom stereocenters. The van der Waals surface area contributed by atoms with Crippen LogP contribution in [0.2, 0.25) is 10.0 Å². The molecule has 1 heterocycles. The summed E-state index contributed by atoms with van der Waals surface area (Å²) in [4.78, 5) is 11.7. The number of hydrogen-bond acceptors (Lipinski definition) is 4. The summed E-state index contributed by atoms with van der Waals surface area (Å²) in [5.41, 5.74) is 2.68. The molecule has 2 N–H and O–H groups in total. The number of ether oxygens (including phenoxy) is 1. The Morgan fingerprint density at radius 1 is 1.28 bits per heavy atom. The Morgan fingerprint density at radius 3 is 2.68 bits per heavy atom. The number of aromatic amines is 1. The fourth-order valence-electron chi connectivity index (χ4n) is 2.70. The number of hydrogen-bond donors (Lipinski definition) is 2. The average Bonchev–Trinajstić information content (AvgIpc) is 3.06. The highest BCUT2D eigenvalue weighted by Gasteiger charge is 2.17. The number of nitrogens with one attached hydrogen (secondary N) is 1. The third-order valence-corrected chi connectivity index (χ3v) is 4.64. The molecule has 0 aliphatic heterocycles. The van der Waals surface area contributed by atoms with Gasteiger partial charge in [-0.2, -0.15) is 5.10 Å². The second-order valence-corrected chi connectivity index (χ2v) is 6.51.